The molecule has 0 saturated carbocycles. The maximum Gasteiger partial charge on any atom is 0.191 e. The SMILES string of the molecule is CN=C(NCCc1ccccn1)NCc1c(C)nn(Cc2ccccc2)c1C.I. The number of nitrogens with zero attached hydrogens (tertiary/aromatic N) is 4. The third-order valence-electron chi connectivity index (χ3n) is 4.76. The van der Waals surface area contributed by atoms with Gasteiger partial charge in [-0.3, -0.25) is 14.7 Å². The van der Waals surface area contributed by atoms with E-state index in [0.717, 1.165) is 36.9 Å². The van der Waals surface area contributed by atoms with Gasteiger partial charge in [-0.05, 0) is 31.5 Å². The van der Waals surface area contributed by atoms with Crippen molar-refractivity contribution in [3.63, 3.8) is 0 Å². The Hall–Kier alpha value is -2.42. The van der Waals surface area contributed by atoms with E-state index in [-0.39, 0.29) is 24.0 Å². The number of pyridine rings is 1. The van der Waals surface area contributed by atoms with Gasteiger partial charge in [0.05, 0.1) is 12.2 Å². The van der Waals surface area contributed by atoms with Crippen LogP contribution in [0.2, 0.25) is 0 Å². The molecule has 7 heteroatoms. The van der Waals surface area contributed by atoms with Gasteiger partial charge >= 0.3 is 0 Å². The molecule has 1 aromatic carbocycles. The van der Waals surface area contributed by atoms with Gasteiger partial charge in [-0.15, -0.1) is 24.0 Å². The second-order valence-corrected chi connectivity index (χ2v) is 6.72. The Morgan fingerprint density at radius 1 is 1.03 bits per heavy atom. The average molecular weight is 504 g/mol. The average Bonchev–Trinajstić information content (AvgIpc) is 2.99. The van der Waals surface area contributed by atoms with Crippen LogP contribution in [0.15, 0.2) is 59.7 Å². The summed E-state index contributed by atoms with van der Waals surface area (Å²) in [5, 5.41) is 11.5. The van der Waals surface area contributed by atoms with Gasteiger partial charge in [-0.25, -0.2) is 0 Å². The van der Waals surface area contributed by atoms with Gasteiger partial charge in [-0.1, -0.05) is 36.4 Å². The molecule has 0 atom stereocenters. The van der Waals surface area contributed by atoms with E-state index in [1.807, 2.05) is 30.5 Å². The van der Waals surface area contributed by atoms with Gasteiger partial charge in [0.25, 0.3) is 0 Å². The van der Waals surface area contributed by atoms with Gasteiger partial charge in [0.2, 0.25) is 0 Å². The molecule has 0 spiro atoms. The fourth-order valence-electron chi connectivity index (χ4n) is 3.15. The summed E-state index contributed by atoms with van der Waals surface area (Å²) in [5.41, 5.74) is 5.75. The molecule has 0 bridgehead atoms. The first-order chi connectivity index (χ1) is 13.7. The Labute approximate surface area is 189 Å². The van der Waals surface area contributed by atoms with E-state index in [2.05, 4.69) is 63.4 Å². The van der Waals surface area contributed by atoms with Crippen molar-refractivity contribution >= 4 is 29.9 Å². The summed E-state index contributed by atoms with van der Waals surface area (Å²) in [4.78, 5) is 8.66. The largest absolute Gasteiger partial charge is 0.356 e. The minimum atomic E-state index is 0. The molecule has 0 aliphatic heterocycles. The van der Waals surface area contributed by atoms with Crippen LogP contribution in [0.25, 0.3) is 0 Å². The molecule has 0 unspecified atom stereocenters. The number of nitrogens with one attached hydrogen (secondary N) is 2. The highest BCUT2D eigenvalue weighted by Gasteiger charge is 2.12. The first kappa shape index (κ1) is 22.9. The van der Waals surface area contributed by atoms with E-state index in [4.69, 9.17) is 5.10 Å². The summed E-state index contributed by atoms with van der Waals surface area (Å²) in [6.45, 7) is 6.43. The lowest BCUT2D eigenvalue weighted by Crippen LogP contribution is -2.38. The molecule has 2 aromatic heterocycles. The first-order valence-electron chi connectivity index (χ1n) is 9.58. The number of aromatic nitrogens is 3. The highest BCUT2D eigenvalue weighted by Crippen LogP contribution is 2.14. The second-order valence-electron chi connectivity index (χ2n) is 6.72. The van der Waals surface area contributed by atoms with E-state index in [1.54, 1.807) is 7.05 Å². The lowest BCUT2D eigenvalue weighted by molar-refractivity contribution is 0.657. The van der Waals surface area contributed by atoms with Crippen LogP contribution in [-0.2, 0) is 19.5 Å². The summed E-state index contributed by atoms with van der Waals surface area (Å²) in [6.07, 6.45) is 2.68. The fourth-order valence-corrected chi connectivity index (χ4v) is 3.15. The Morgan fingerprint density at radius 2 is 1.79 bits per heavy atom. The number of benzene rings is 1. The number of aryl methyl sites for hydroxylation is 1. The smallest absolute Gasteiger partial charge is 0.191 e. The first-order valence-corrected chi connectivity index (χ1v) is 9.58. The summed E-state index contributed by atoms with van der Waals surface area (Å²) in [7, 11) is 1.79. The molecule has 154 valence electrons. The highest BCUT2D eigenvalue weighted by atomic mass is 127. The summed E-state index contributed by atoms with van der Waals surface area (Å²) >= 11 is 0. The van der Waals surface area contributed by atoms with E-state index in [0.29, 0.717) is 6.54 Å². The van der Waals surface area contributed by atoms with Gasteiger partial charge < -0.3 is 10.6 Å². The molecular formula is C22H29IN6. The lowest BCUT2D eigenvalue weighted by atomic mass is 10.2. The van der Waals surface area contributed by atoms with Gasteiger partial charge in [-0.2, -0.15) is 5.10 Å². The second kappa shape index (κ2) is 11.5. The van der Waals surface area contributed by atoms with Gasteiger partial charge in [0.15, 0.2) is 5.96 Å². The molecule has 2 heterocycles. The zero-order chi connectivity index (χ0) is 19.8. The van der Waals surface area contributed by atoms with Gasteiger partial charge in [0.1, 0.15) is 0 Å². The van der Waals surface area contributed by atoms with Crippen molar-refractivity contribution in [2.75, 3.05) is 13.6 Å². The molecule has 0 saturated heterocycles. The number of guanidine groups is 1. The van der Waals surface area contributed by atoms with Crippen molar-refractivity contribution in [1.29, 1.82) is 0 Å². The Morgan fingerprint density at radius 3 is 2.48 bits per heavy atom. The number of hydrogen-bond donors (Lipinski definition) is 2. The molecule has 0 fully saturated rings. The third kappa shape index (κ3) is 6.56. The Bertz CT molecular complexity index is 906. The normalized spacial score (nSPS) is 11.1. The van der Waals surface area contributed by atoms with Crippen molar-refractivity contribution in [1.82, 2.24) is 25.4 Å². The van der Waals surface area contributed by atoms with E-state index in [1.165, 1.54) is 16.8 Å². The number of rotatable bonds is 7. The lowest BCUT2D eigenvalue weighted by Gasteiger charge is -2.12. The summed E-state index contributed by atoms with van der Waals surface area (Å²) in [6, 6.07) is 16.4. The molecular weight excluding hydrogens is 475 g/mol. The van der Waals surface area contributed by atoms with Crippen LogP contribution < -0.4 is 10.6 Å². The van der Waals surface area contributed by atoms with E-state index < -0.39 is 0 Å². The molecule has 3 rings (SSSR count). The predicted octanol–water partition coefficient (Wildman–Crippen LogP) is 3.47. The Kier molecular flexibility index (Phi) is 9.11. The topological polar surface area (TPSA) is 67.1 Å². The molecule has 0 aliphatic carbocycles. The van der Waals surface area contributed by atoms with Crippen LogP contribution in [0, 0.1) is 13.8 Å². The molecule has 6 nitrogen and oxygen atoms in total. The molecule has 29 heavy (non-hydrogen) atoms. The van der Waals surface area contributed by atoms with E-state index in [9.17, 15) is 0 Å². The summed E-state index contributed by atoms with van der Waals surface area (Å²) < 4.78 is 2.07. The Balaban J connectivity index is 0.00000300. The quantitative estimate of drug-likeness (QED) is 0.294. The van der Waals surface area contributed by atoms with Crippen LogP contribution in [-0.4, -0.2) is 34.3 Å². The maximum absolute atomic E-state index is 4.72. The van der Waals surface area contributed by atoms with Crippen LogP contribution in [0.5, 0.6) is 0 Å². The number of hydrogen-bond acceptors (Lipinski definition) is 3. The molecule has 2 N–H and O–H groups in total. The van der Waals surface area contributed by atoms with Crippen LogP contribution in [0.1, 0.15) is 28.2 Å². The third-order valence-corrected chi connectivity index (χ3v) is 4.76. The van der Waals surface area contributed by atoms with Crippen LogP contribution in [0.4, 0.5) is 0 Å². The van der Waals surface area contributed by atoms with Gasteiger partial charge in [0, 0.05) is 49.7 Å². The molecule has 0 aliphatic rings. The number of halogens is 1. The summed E-state index contributed by atoms with van der Waals surface area (Å²) in [5.74, 6) is 0.783. The fraction of sp³-hybridized carbons (Fsp3) is 0.318. The van der Waals surface area contributed by atoms with Crippen molar-refractivity contribution in [2.24, 2.45) is 4.99 Å². The standard InChI is InChI=1S/C22H28N6.HI/c1-17-21(18(2)28(27-17)16-19-9-5-4-6-10-19)15-26-22(23-3)25-14-12-20-11-7-8-13-24-20;/h4-11,13H,12,14-16H2,1-3H3,(H2,23,25,26);1H. The minimum absolute atomic E-state index is 0. The zero-order valence-corrected chi connectivity index (χ0v) is 19.6. The van der Waals surface area contributed by atoms with Crippen molar-refractivity contribution < 1.29 is 0 Å². The van der Waals surface area contributed by atoms with Crippen molar-refractivity contribution in [3.05, 3.63) is 82.9 Å². The van der Waals surface area contributed by atoms with Crippen molar-refractivity contribution in [3.8, 4) is 0 Å². The maximum atomic E-state index is 4.72. The zero-order valence-electron chi connectivity index (χ0n) is 17.2. The molecule has 0 amide bonds. The highest BCUT2D eigenvalue weighted by molar-refractivity contribution is 14.0. The minimum Gasteiger partial charge on any atom is -0.356 e. The predicted molar refractivity (Wildman–Crippen MR) is 129 cm³/mol. The number of aliphatic imine (C=N–C) groups is 1. The van der Waals surface area contributed by atoms with Crippen LogP contribution >= 0.6 is 24.0 Å². The van der Waals surface area contributed by atoms with Crippen LogP contribution in [0.3, 0.4) is 0 Å². The van der Waals surface area contributed by atoms with Crippen molar-refractivity contribution in [2.45, 2.75) is 33.4 Å². The molecule has 0 radical (unpaired) electrons. The van der Waals surface area contributed by atoms with E-state index >= 15 is 0 Å². The monoisotopic (exact) mass is 504 g/mol. The molecule has 3 aromatic rings.